The first kappa shape index (κ1) is 14.4. The van der Waals surface area contributed by atoms with Crippen LogP contribution >= 0.6 is 15.9 Å². The van der Waals surface area contributed by atoms with Crippen LogP contribution in [0.4, 0.5) is 0 Å². The number of hydrogen-bond acceptors (Lipinski definition) is 2. The first-order valence-corrected chi connectivity index (χ1v) is 7.46. The summed E-state index contributed by atoms with van der Waals surface area (Å²) < 4.78 is 6.27. The average molecular weight is 327 g/mol. The van der Waals surface area contributed by atoms with Crippen LogP contribution in [0.2, 0.25) is 0 Å². The summed E-state index contributed by atoms with van der Waals surface area (Å²) >= 11 is 3.54. The molecule has 104 valence electrons. The third-order valence-corrected chi connectivity index (χ3v) is 4.73. The molecule has 1 aromatic rings. The Hall–Kier alpha value is -1.03. The fourth-order valence-electron chi connectivity index (χ4n) is 2.89. The van der Waals surface area contributed by atoms with Gasteiger partial charge >= 0.3 is 5.97 Å². The summed E-state index contributed by atoms with van der Waals surface area (Å²) in [5, 5.41) is 9.32. The van der Waals surface area contributed by atoms with Crippen molar-refractivity contribution in [2.45, 2.75) is 32.1 Å². The summed E-state index contributed by atoms with van der Waals surface area (Å²) in [7, 11) is 1.65. The van der Waals surface area contributed by atoms with Gasteiger partial charge < -0.3 is 9.84 Å². The second-order valence-corrected chi connectivity index (χ2v) is 6.01. The largest absolute Gasteiger partial charge is 0.497 e. The minimum Gasteiger partial charge on any atom is -0.497 e. The molecule has 0 spiro atoms. The molecule has 0 aromatic heterocycles. The van der Waals surface area contributed by atoms with Crippen LogP contribution in [-0.4, -0.2) is 18.2 Å². The third-order valence-electron chi connectivity index (χ3n) is 3.96. The zero-order valence-corrected chi connectivity index (χ0v) is 12.6. The average Bonchev–Trinajstić information content (AvgIpc) is 2.41. The van der Waals surface area contributed by atoms with Crippen molar-refractivity contribution in [1.29, 1.82) is 0 Å². The van der Waals surface area contributed by atoms with Gasteiger partial charge in [0.15, 0.2) is 0 Å². The van der Waals surface area contributed by atoms with Crippen LogP contribution in [0.3, 0.4) is 0 Å². The number of benzene rings is 1. The van der Waals surface area contributed by atoms with Crippen molar-refractivity contribution in [2.24, 2.45) is 11.8 Å². The summed E-state index contributed by atoms with van der Waals surface area (Å²) in [5.74, 6) is 0.200. The molecule has 2 unspecified atom stereocenters. The highest BCUT2D eigenvalue weighted by Crippen LogP contribution is 2.35. The summed E-state index contributed by atoms with van der Waals surface area (Å²) in [6, 6.07) is 5.87. The van der Waals surface area contributed by atoms with Crippen LogP contribution in [0.15, 0.2) is 22.7 Å². The van der Waals surface area contributed by atoms with E-state index in [0.717, 1.165) is 47.9 Å². The lowest BCUT2D eigenvalue weighted by Crippen LogP contribution is -2.28. The Labute approximate surface area is 122 Å². The topological polar surface area (TPSA) is 46.5 Å². The normalized spacial score (nSPS) is 23.1. The first-order valence-electron chi connectivity index (χ1n) is 6.67. The van der Waals surface area contributed by atoms with Gasteiger partial charge in [0.1, 0.15) is 5.75 Å². The van der Waals surface area contributed by atoms with Gasteiger partial charge in [0.25, 0.3) is 0 Å². The minimum absolute atomic E-state index is 0.202. The molecule has 0 aliphatic heterocycles. The van der Waals surface area contributed by atoms with Crippen LogP contribution in [0.5, 0.6) is 5.75 Å². The first-order chi connectivity index (χ1) is 9.11. The van der Waals surface area contributed by atoms with Crippen molar-refractivity contribution < 1.29 is 14.6 Å². The number of ether oxygens (including phenoxy) is 1. The van der Waals surface area contributed by atoms with E-state index in [2.05, 4.69) is 15.9 Å². The van der Waals surface area contributed by atoms with Crippen LogP contribution in [0.1, 0.15) is 31.2 Å². The van der Waals surface area contributed by atoms with E-state index in [4.69, 9.17) is 4.74 Å². The second kappa shape index (κ2) is 6.42. The van der Waals surface area contributed by atoms with Gasteiger partial charge in [-0.3, -0.25) is 4.79 Å². The van der Waals surface area contributed by atoms with Gasteiger partial charge in [0.2, 0.25) is 0 Å². The Morgan fingerprint density at radius 3 is 2.84 bits per heavy atom. The zero-order valence-electron chi connectivity index (χ0n) is 11.1. The van der Waals surface area contributed by atoms with Gasteiger partial charge in [-0.1, -0.05) is 28.8 Å². The van der Waals surface area contributed by atoms with Crippen LogP contribution < -0.4 is 4.74 Å². The number of halogens is 1. The van der Waals surface area contributed by atoms with E-state index >= 15 is 0 Å². The van der Waals surface area contributed by atoms with Crippen molar-refractivity contribution in [2.75, 3.05) is 7.11 Å². The molecule has 1 saturated carbocycles. The summed E-state index contributed by atoms with van der Waals surface area (Å²) in [6.45, 7) is 0. The van der Waals surface area contributed by atoms with Crippen molar-refractivity contribution in [3.8, 4) is 5.75 Å². The van der Waals surface area contributed by atoms with Gasteiger partial charge in [0, 0.05) is 4.47 Å². The number of rotatable bonds is 4. The Kier molecular flexibility index (Phi) is 4.86. The molecule has 1 aromatic carbocycles. The molecule has 2 rings (SSSR count). The maximum Gasteiger partial charge on any atom is 0.306 e. The summed E-state index contributed by atoms with van der Waals surface area (Å²) in [5.41, 5.74) is 1.14. The van der Waals surface area contributed by atoms with Gasteiger partial charge in [-0.15, -0.1) is 0 Å². The predicted octanol–water partition coefficient (Wildman–Crippen LogP) is 3.89. The Bertz CT molecular complexity index is 459. The van der Waals surface area contributed by atoms with E-state index in [1.54, 1.807) is 7.11 Å². The quantitative estimate of drug-likeness (QED) is 0.912. The predicted molar refractivity (Wildman–Crippen MR) is 77.5 cm³/mol. The highest BCUT2D eigenvalue weighted by atomic mass is 79.9. The van der Waals surface area contributed by atoms with Crippen molar-refractivity contribution >= 4 is 21.9 Å². The fraction of sp³-hybridized carbons (Fsp3) is 0.533. The van der Waals surface area contributed by atoms with Crippen molar-refractivity contribution in [3.05, 3.63) is 28.2 Å². The van der Waals surface area contributed by atoms with Gasteiger partial charge in [0.05, 0.1) is 13.0 Å². The Balaban J connectivity index is 2.16. The molecule has 1 aliphatic rings. The Morgan fingerprint density at radius 2 is 2.16 bits per heavy atom. The van der Waals surface area contributed by atoms with Gasteiger partial charge in [-0.2, -0.15) is 0 Å². The monoisotopic (exact) mass is 326 g/mol. The fourth-order valence-corrected chi connectivity index (χ4v) is 3.30. The Morgan fingerprint density at radius 1 is 1.42 bits per heavy atom. The maximum absolute atomic E-state index is 11.3. The molecule has 2 atom stereocenters. The lowest BCUT2D eigenvalue weighted by atomic mass is 9.76. The van der Waals surface area contributed by atoms with Gasteiger partial charge in [-0.25, -0.2) is 0 Å². The van der Waals surface area contributed by atoms with E-state index in [1.165, 1.54) is 0 Å². The standard InChI is InChI=1S/C15H19BrO3/c1-19-12-6-7-14(16)11(9-12)8-10-4-2-3-5-13(10)15(17)18/h6-7,9-10,13H,2-5,8H2,1H3,(H,17,18). The molecular formula is C15H19BrO3. The van der Waals surface area contributed by atoms with E-state index in [9.17, 15) is 9.90 Å². The second-order valence-electron chi connectivity index (χ2n) is 5.15. The summed E-state index contributed by atoms with van der Waals surface area (Å²) in [6.07, 6.45) is 4.78. The molecule has 19 heavy (non-hydrogen) atoms. The van der Waals surface area contributed by atoms with E-state index in [-0.39, 0.29) is 11.8 Å². The SMILES string of the molecule is COc1ccc(Br)c(CC2CCCCC2C(=O)O)c1. The number of methoxy groups -OCH3 is 1. The molecule has 3 nitrogen and oxygen atoms in total. The molecule has 0 heterocycles. The van der Waals surface area contributed by atoms with Crippen molar-refractivity contribution in [3.63, 3.8) is 0 Å². The number of hydrogen-bond donors (Lipinski definition) is 1. The molecular weight excluding hydrogens is 308 g/mol. The van der Waals surface area contributed by atoms with E-state index in [1.807, 2.05) is 18.2 Å². The van der Waals surface area contributed by atoms with Crippen molar-refractivity contribution in [1.82, 2.24) is 0 Å². The molecule has 0 saturated heterocycles. The number of carbonyl (C=O) groups is 1. The lowest BCUT2D eigenvalue weighted by molar-refractivity contribution is -0.144. The molecule has 4 heteroatoms. The van der Waals surface area contributed by atoms with Gasteiger partial charge in [-0.05, 0) is 48.9 Å². The molecule has 1 N–H and O–H groups in total. The highest BCUT2D eigenvalue weighted by molar-refractivity contribution is 9.10. The van der Waals surface area contributed by atoms with Crippen LogP contribution in [0, 0.1) is 11.8 Å². The third kappa shape index (κ3) is 3.50. The molecule has 1 aliphatic carbocycles. The zero-order chi connectivity index (χ0) is 13.8. The number of aliphatic carboxylic acids is 1. The molecule has 0 amide bonds. The van der Waals surface area contributed by atoms with E-state index < -0.39 is 5.97 Å². The number of carboxylic acids is 1. The maximum atomic E-state index is 11.3. The van der Waals surface area contributed by atoms with Crippen LogP contribution in [0.25, 0.3) is 0 Å². The molecule has 0 radical (unpaired) electrons. The van der Waals surface area contributed by atoms with E-state index in [0.29, 0.717) is 0 Å². The van der Waals surface area contributed by atoms with Crippen LogP contribution in [-0.2, 0) is 11.2 Å². The smallest absolute Gasteiger partial charge is 0.306 e. The highest BCUT2D eigenvalue weighted by Gasteiger charge is 2.31. The lowest BCUT2D eigenvalue weighted by Gasteiger charge is -2.28. The molecule has 0 bridgehead atoms. The number of carboxylic acid groups (broad SMARTS) is 1. The summed E-state index contributed by atoms with van der Waals surface area (Å²) in [4.78, 5) is 11.3. The molecule has 1 fully saturated rings. The minimum atomic E-state index is -0.649.